The van der Waals surface area contributed by atoms with Gasteiger partial charge in [0.1, 0.15) is 0 Å². The standard InChI is InChI=1S/C16H24N2O2S/c1-12-10-15(7-6-14(12)11-17)21(19,20)18-9-8-13-4-2-3-5-16(13)18/h6-7,10,13,16H,2-5,8-9,11,17H2,1H3. The van der Waals surface area contributed by atoms with Gasteiger partial charge in [-0.2, -0.15) is 4.31 Å². The van der Waals surface area contributed by atoms with Crippen molar-refractivity contribution in [3.05, 3.63) is 29.3 Å². The lowest BCUT2D eigenvalue weighted by molar-refractivity contribution is 0.260. The molecule has 2 aliphatic rings. The summed E-state index contributed by atoms with van der Waals surface area (Å²) in [5, 5.41) is 0. The molecule has 0 aromatic heterocycles. The highest BCUT2D eigenvalue weighted by Crippen LogP contribution is 2.39. The molecule has 4 nitrogen and oxygen atoms in total. The van der Waals surface area contributed by atoms with Gasteiger partial charge in [-0.3, -0.25) is 0 Å². The van der Waals surface area contributed by atoms with E-state index in [1.807, 2.05) is 13.0 Å². The molecular formula is C16H24N2O2S. The van der Waals surface area contributed by atoms with E-state index in [0.717, 1.165) is 30.4 Å². The van der Waals surface area contributed by atoms with Crippen molar-refractivity contribution >= 4 is 10.0 Å². The summed E-state index contributed by atoms with van der Waals surface area (Å²) >= 11 is 0. The molecule has 1 saturated heterocycles. The molecule has 2 unspecified atom stereocenters. The zero-order valence-corrected chi connectivity index (χ0v) is 13.4. The summed E-state index contributed by atoms with van der Waals surface area (Å²) in [6.07, 6.45) is 5.62. The van der Waals surface area contributed by atoms with Crippen LogP contribution >= 0.6 is 0 Å². The second kappa shape index (κ2) is 5.71. The highest BCUT2D eigenvalue weighted by Gasteiger charge is 2.42. The minimum Gasteiger partial charge on any atom is -0.326 e. The van der Waals surface area contributed by atoms with Crippen molar-refractivity contribution in [1.82, 2.24) is 4.31 Å². The van der Waals surface area contributed by atoms with Crippen molar-refractivity contribution in [2.45, 2.75) is 56.5 Å². The number of hydrogen-bond donors (Lipinski definition) is 1. The van der Waals surface area contributed by atoms with Crippen molar-refractivity contribution < 1.29 is 8.42 Å². The fourth-order valence-electron chi connectivity index (χ4n) is 3.85. The number of aryl methyl sites for hydroxylation is 1. The van der Waals surface area contributed by atoms with E-state index in [1.54, 1.807) is 16.4 Å². The smallest absolute Gasteiger partial charge is 0.243 e. The van der Waals surface area contributed by atoms with E-state index in [4.69, 9.17) is 5.73 Å². The monoisotopic (exact) mass is 308 g/mol. The van der Waals surface area contributed by atoms with Crippen molar-refractivity contribution in [3.63, 3.8) is 0 Å². The van der Waals surface area contributed by atoms with Gasteiger partial charge in [0.05, 0.1) is 4.90 Å². The quantitative estimate of drug-likeness (QED) is 0.932. The van der Waals surface area contributed by atoms with Crippen molar-refractivity contribution in [2.75, 3.05) is 6.54 Å². The molecule has 0 radical (unpaired) electrons. The number of nitrogens with two attached hydrogens (primary N) is 1. The van der Waals surface area contributed by atoms with Gasteiger partial charge < -0.3 is 5.73 Å². The fourth-order valence-corrected chi connectivity index (χ4v) is 5.67. The number of sulfonamides is 1. The Hall–Kier alpha value is -0.910. The molecule has 0 spiro atoms. The summed E-state index contributed by atoms with van der Waals surface area (Å²) in [6.45, 7) is 3.05. The van der Waals surface area contributed by atoms with Crippen LogP contribution < -0.4 is 5.73 Å². The lowest BCUT2D eigenvalue weighted by atomic mass is 9.86. The van der Waals surface area contributed by atoms with E-state index in [1.165, 1.54) is 12.8 Å². The average molecular weight is 308 g/mol. The number of rotatable bonds is 3. The van der Waals surface area contributed by atoms with E-state index in [9.17, 15) is 8.42 Å². The third-order valence-corrected chi connectivity index (χ3v) is 7.02. The fraction of sp³-hybridized carbons (Fsp3) is 0.625. The lowest BCUT2D eigenvalue weighted by Gasteiger charge is -2.31. The Morgan fingerprint density at radius 1 is 1.24 bits per heavy atom. The van der Waals surface area contributed by atoms with E-state index < -0.39 is 10.0 Å². The molecule has 1 aliphatic carbocycles. The van der Waals surface area contributed by atoms with E-state index in [0.29, 0.717) is 23.9 Å². The van der Waals surface area contributed by atoms with Crippen LogP contribution in [0.2, 0.25) is 0 Å². The zero-order chi connectivity index (χ0) is 15.0. The van der Waals surface area contributed by atoms with E-state index in [2.05, 4.69) is 0 Å². The van der Waals surface area contributed by atoms with Gasteiger partial charge in [0.15, 0.2) is 0 Å². The van der Waals surface area contributed by atoms with Gasteiger partial charge in [0.25, 0.3) is 0 Å². The van der Waals surface area contributed by atoms with Gasteiger partial charge in [-0.25, -0.2) is 8.42 Å². The van der Waals surface area contributed by atoms with Gasteiger partial charge in [-0.1, -0.05) is 18.9 Å². The van der Waals surface area contributed by atoms with E-state index in [-0.39, 0.29) is 6.04 Å². The summed E-state index contributed by atoms with van der Waals surface area (Å²) < 4.78 is 27.6. The van der Waals surface area contributed by atoms with Gasteiger partial charge in [0, 0.05) is 19.1 Å². The third kappa shape index (κ3) is 2.62. The van der Waals surface area contributed by atoms with Crippen LogP contribution in [-0.4, -0.2) is 25.3 Å². The van der Waals surface area contributed by atoms with Crippen molar-refractivity contribution in [1.29, 1.82) is 0 Å². The minimum atomic E-state index is -3.36. The molecule has 21 heavy (non-hydrogen) atoms. The zero-order valence-electron chi connectivity index (χ0n) is 12.6. The van der Waals surface area contributed by atoms with Crippen LogP contribution in [0.15, 0.2) is 23.1 Å². The molecule has 1 heterocycles. The van der Waals surface area contributed by atoms with Gasteiger partial charge >= 0.3 is 0 Å². The van der Waals surface area contributed by atoms with Crippen LogP contribution in [0, 0.1) is 12.8 Å². The maximum Gasteiger partial charge on any atom is 0.243 e. The first-order valence-corrected chi connectivity index (χ1v) is 9.29. The molecule has 1 aromatic rings. The highest BCUT2D eigenvalue weighted by atomic mass is 32.2. The molecule has 1 aliphatic heterocycles. The Labute approximate surface area is 127 Å². The first-order valence-electron chi connectivity index (χ1n) is 7.85. The summed E-state index contributed by atoms with van der Waals surface area (Å²) in [6, 6.07) is 5.54. The predicted molar refractivity (Wildman–Crippen MR) is 83.3 cm³/mol. The molecule has 5 heteroatoms. The second-order valence-corrected chi connectivity index (χ2v) is 8.20. The summed E-state index contributed by atoms with van der Waals surface area (Å²) in [4.78, 5) is 0.420. The second-order valence-electron chi connectivity index (χ2n) is 6.31. The number of hydrogen-bond acceptors (Lipinski definition) is 3. The molecule has 0 amide bonds. The number of benzene rings is 1. The molecule has 116 valence electrons. The summed E-state index contributed by atoms with van der Waals surface area (Å²) in [5.74, 6) is 0.568. The maximum absolute atomic E-state index is 12.9. The van der Waals surface area contributed by atoms with Crippen molar-refractivity contribution in [3.8, 4) is 0 Å². The van der Waals surface area contributed by atoms with Crippen LogP contribution in [0.4, 0.5) is 0 Å². The van der Waals surface area contributed by atoms with Crippen LogP contribution in [0.3, 0.4) is 0 Å². The Balaban J connectivity index is 1.91. The molecule has 0 bridgehead atoms. The van der Waals surface area contributed by atoms with Crippen LogP contribution in [0.1, 0.15) is 43.2 Å². The molecule has 1 aromatic carbocycles. The largest absolute Gasteiger partial charge is 0.326 e. The van der Waals surface area contributed by atoms with Crippen LogP contribution in [-0.2, 0) is 16.6 Å². The molecule has 2 fully saturated rings. The van der Waals surface area contributed by atoms with Crippen molar-refractivity contribution in [2.24, 2.45) is 11.7 Å². The maximum atomic E-state index is 12.9. The topological polar surface area (TPSA) is 63.4 Å². The van der Waals surface area contributed by atoms with Crippen LogP contribution in [0.25, 0.3) is 0 Å². The van der Waals surface area contributed by atoms with Gasteiger partial charge in [0.2, 0.25) is 10.0 Å². The predicted octanol–water partition coefficient (Wildman–Crippen LogP) is 2.41. The molecular weight excluding hydrogens is 284 g/mol. The Kier molecular flexibility index (Phi) is 4.08. The highest BCUT2D eigenvalue weighted by molar-refractivity contribution is 7.89. The Morgan fingerprint density at radius 2 is 2.00 bits per heavy atom. The first kappa shape index (κ1) is 15.0. The van der Waals surface area contributed by atoms with Gasteiger partial charge in [-0.05, 0) is 55.4 Å². The van der Waals surface area contributed by atoms with E-state index >= 15 is 0 Å². The average Bonchev–Trinajstić information content (AvgIpc) is 2.91. The lowest BCUT2D eigenvalue weighted by Crippen LogP contribution is -2.39. The first-order chi connectivity index (χ1) is 10.0. The molecule has 3 rings (SSSR count). The minimum absolute atomic E-state index is 0.221. The summed E-state index contributed by atoms with van der Waals surface area (Å²) in [5.41, 5.74) is 7.62. The SMILES string of the molecule is Cc1cc(S(=O)(=O)N2CCC3CCCCC32)ccc1CN. The molecule has 1 saturated carbocycles. The number of nitrogens with zero attached hydrogens (tertiary/aromatic N) is 1. The third-order valence-electron chi connectivity index (χ3n) is 5.10. The molecule has 2 N–H and O–H groups in total. The molecule has 2 atom stereocenters. The summed E-state index contributed by atoms with van der Waals surface area (Å²) in [7, 11) is -3.36. The Morgan fingerprint density at radius 3 is 2.71 bits per heavy atom. The van der Waals surface area contributed by atoms with Gasteiger partial charge in [-0.15, -0.1) is 0 Å². The normalized spacial score (nSPS) is 26.8. The number of fused-ring (bicyclic) bond motifs is 1. The Bertz CT molecular complexity index is 627. The van der Waals surface area contributed by atoms with Crippen LogP contribution in [0.5, 0.6) is 0 Å².